The van der Waals surface area contributed by atoms with Crippen LogP contribution in [0.2, 0.25) is 0 Å². The summed E-state index contributed by atoms with van der Waals surface area (Å²) in [6.07, 6.45) is 0. The van der Waals surface area contributed by atoms with Crippen LogP contribution in [0.25, 0.3) is 0 Å². The van der Waals surface area contributed by atoms with E-state index < -0.39 is 47.2 Å². The maximum Gasteiger partial charge on any atom is 0.330 e. The van der Waals surface area contributed by atoms with Gasteiger partial charge < -0.3 is 14.8 Å². The summed E-state index contributed by atoms with van der Waals surface area (Å²) in [6.45, 7) is 4.18. The van der Waals surface area contributed by atoms with Crippen molar-refractivity contribution in [3.8, 4) is 5.75 Å². The maximum absolute atomic E-state index is 12.8. The molecule has 1 aliphatic rings. The van der Waals surface area contributed by atoms with E-state index >= 15 is 0 Å². The van der Waals surface area contributed by atoms with Crippen molar-refractivity contribution in [1.29, 1.82) is 0 Å². The molecule has 34 heavy (non-hydrogen) atoms. The predicted molar refractivity (Wildman–Crippen MR) is 120 cm³/mol. The molecule has 0 radical (unpaired) electrons. The quantitative estimate of drug-likeness (QED) is 0.269. The van der Waals surface area contributed by atoms with Gasteiger partial charge in [0.1, 0.15) is 6.04 Å². The average Bonchev–Trinajstić information content (AvgIpc) is 3.04. The Morgan fingerprint density at radius 3 is 2.21 bits per heavy atom. The Hall–Kier alpha value is -4.28. The molecule has 178 valence electrons. The van der Waals surface area contributed by atoms with E-state index in [1.807, 2.05) is 0 Å². The maximum atomic E-state index is 12.8. The Morgan fingerprint density at radius 2 is 1.71 bits per heavy atom. The van der Waals surface area contributed by atoms with Crippen LogP contribution < -0.4 is 10.1 Å². The summed E-state index contributed by atoms with van der Waals surface area (Å²) in [6, 6.07) is 7.58. The molecule has 0 aromatic heterocycles. The van der Waals surface area contributed by atoms with Gasteiger partial charge in [0.05, 0.1) is 23.2 Å². The standard InChI is InChI=1S/C23H23N3O8/c1-12(2)20(25-21(28)14-7-5-6-8-15(14)22(25)29)23(30)34-11-19(27)24-16-10-18(33-4)17(26(31)32)9-13(16)3/h5-10,12,20H,11H2,1-4H3,(H,24,27)/t20-/m0/s1. The summed E-state index contributed by atoms with van der Waals surface area (Å²) in [4.78, 5) is 62.1. The largest absolute Gasteiger partial charge is 0.490 e. The second-order valence-corrected chi connectivity index (χ2v) is 7.97. The van der Waals surface area contributed by atoms with Crippen LogP contribution in [0.1, 0.15) is 40.1 Å². The number of rotatable bonds is 8. The van der Waals surface area contributed by atoms with Crippen LogP contribution in [0, 0.1) is 23.0 Å². The van der Waals surface area contributed by atoms with Crippen LogP contribution >= 0.6 is 0 Å². The van der Waals surface area contributed by atoms with Gasteiger partial charge in [-0.1, -0.05) is 26.0 Å². The van der Waals surface area contributed by atoms with Gasteiger partial charge in [-0.25, -0.2) is 4.79 Å². The summed E-state index contributed by atoms with van der Waals surface area (Å²) >= 11 is 0. The van der Waals surface area contributed by atoms with Gasteiger partial charge in [0.2, 0.25) is 0 Å². The topological polar surface area (TPSA) is 145 Å². The lowest BCUT2D eigenvalue weighted by atomic mass is 10.0. The zero-order chi connectivity index (χ0) is 25.2. The van der Waals surface area contributed by atoms with Crippen LogP contribution in [0.15, 0.2) is 36.4 Å². The van der Waals surface area contributed by atoms with E-state index in [0.29, 0.717) is 5.56 Å². The number of ether oxygens (including phenoxy) is 2. The number of nitrogens with zero attached hydrogens (tertiary/aromatic N) is 2. The minimum atomic E-state index is -1.22. The molecule has 0 bridgehead atoms. The molecule has 11 heteroatoms. The number of hydrogen-bond acceptors (Lipinski definition) is 8. The molecule has 11 nitrogen and oxygen atoms in total. The Kier molecular flexibility index (Phi) is 6.94. The zero-order valence-corrected chi connectivity index (χ0v) is 19.0. The lowest BCUT2D eigenvalue weighted by Gasteiger charge is -2.27. The fraction of sp³-hybridized carbons (Fsp3) is 0.304. The van der Waals surface area contributed by atoms with Gasteiger partial charge in [-0.05, 0) is 30.5 Å². The van der Waals surface area contributed by atoms with E-state index in [-0.39, 0.29) is 28.3 Å². The first kappa shape index (κ1) is 24.4. The van der Waals surface area contributed by atoms with Gasteiger partial charge in [0.25, 0.3) is 17.7 Å². The molecule has 3 rings (SSSR count). The second-order valence-electron chi connectivity index (χ2n) is 7.97. The van der Waals surface area contributed by atoms with Gasteiger partial charge in [0.15, 0.2) is 12.4 Å². The van der Waals surface area contributed by atoms with Crippen LogP contribution in [0.5, 0.6) is 5.75 Å². The lowest BCUT2D eigenvalue weighted by Crippen LogP contribution is -2.49. The molecule has 0 saturated heterocycles. The first-order valence-corrected chi connectivity index (χ1v) is 10.3. The minimum absolute atomic E-state index is 0.0478. The molecule has 0 unspecified atom stereocenters. The first-order chi connectivity index (χ1) is 16.1. The van der Waals surface area contributed by atoms with Gasteiger partial charge in [0, 0.05) is 17.8 Å². The molecule has 1 aliphatic heterocycles. The molecule has 1 atom stereocenters. The number of anilines is 1. The molecule has 0 fully saturated rings. The van der Waals surface area contributed by atoms with E-state index in [4.69, 9.17) is 9.47 Å². The molecule has 1 N–H and O–H groups in total. The average molecular weight is 469 g/mol. The van der Waals surface area contributed by atoms with Crippen molar-refractivity contribution in [2.24, 2.45) is 5.92 Å². The van der Waals surface area contributed by atoms with Crippen LogP contribution in [-0.2, 0) is 14.3 Å². The van der Waals surface area contributed by atoms with E-state index in [2.05, 4.69) is 5.32 Å². The molecular weight excluding hydrogens is 446 g/mol. The third-order valence-electron chi connectivity index (χ3n) is 5.32. The number of hydrogen-bond donors (Lipinski definition) is 1. The number of aryl methyl sites for hydroxylation is 1. The first-order valence-electron chi connectivity index (χ1n) is 10.3. The molecule has 1 heterocycles. The molecule has 2 aromatic carbocycles. The summed E-state index contributed by atoms with van der Waals surface area (Å²) < 4.78 is 10.1. The van der Waals surface area contributed by atoms with Crippen molar-refractivity contribution in [3.05, 3.63) is 63.2 Å². The summed E-state index contributed by atoms with van der Waals surface area (Å²) in [5.41, 5.74) is 0.783. The lowest BCUT2D eigenvalue weighted by molar-refractivity contribution is -0.385. The van der Waals surface area contributed by atoms with Crippen molar-refractivity contribution in [2.75, 3.05) is 19.0 Å². The highest BCUT2D eigenvalue weighted by atomic mass is 16.6. The Bertz CT molecular complexity index is 1160. The number of benzene rings is 2. The van der Waals surface area contributed by atoms with Crippen molar-refractivity contribution >= 4 is 35.1 Å². The van der Waals surface area contributed by atoms with Gasteiger partial charge in [-0.2, -0.15) is 0 Å². The number of carbonyl (C=O) groups is 4. The molecule has 0 aliphatic carbocycles. The van der Waals surface area contributed by atoms with Gasteiger partial charge in [-0.3, -0.25) is 29.4 Å². The second kappa shape index (κ2) is 9.69. The van der Waals surface area contributed by atoms with Crippen molar-refractivity contribution in [1.82, 2.24) is 4.90 Å². The van der Waals surface area contributed by atoms with Crippen LogP contribution in [0.4, 0.5) is 11.4 Å². The number of nitro groups is 1. The number of methoxy groups -OCH3 is 1. The normalized spacial score (nSPS) is 13.5. The van der Waals surface area contributed by atoms with Crippen molar-refractivity contribution in [3.63, 3.8) is 0 Å². The summed E-state index contributed by atoms with van der Waals surface area (Å²) in [7, 11) is 1.26. The number of carbonyl (C=O) groups excluding carboxylic acids is 4. The number of nitrogens with one attached hydrogen (secondary N) is 1. The van der Waals surface area contributed by atoms with Crippen LogP contribution in [0.3, 0.4) is 0 Å². The summed E-state index contributed by atoms with van der Waals surface area (Å²) in [5.74, 6) is -3.34. The van der Waals surface area contributed by atoms with Gasteiger partial charge >= 0.3 is 11.7 Å². The van der Waals surface area contributed by atoms with Crippen molar-refractivity contribution in [2.45, 2.75) is 26.8 Å². The monoisotopic (exact) mass is 469 g/mol. The highest BCUT2D eigenvalue weighted by Gasteiger charge is 2.44. The third-order valence-corrected chi connectivity index (χ3v) is 5.32. The fourth-order valence-corrected chi connectivity index (χ4v) is 3.66. The number of amides is 3. The smallest absolute Gasteiger partial charge is 0.330 e. The Morgan fingerprint density at radius 1 is 1.12 bits per heavy atom. The SMILES string of the molecule is COc1cc(NC(=O)COC(=O)[C@H](C(C)C)N2C(=O)c3ccccc3C2=O)c(C)cc1[N+](=O)[O-]. The number of imide groups is 1. The molecule has 3 amide bonds. The molecule has 2 aromatic rings. The van der Waals surface area contributed by atoms with E-state index in [1.54, 1.807) is 32.9 Å². The number of esters is 1. The van der Waals surface area contributed by atoms with Crippen LogP contribution in [-0.4, -0.2) is 53.3 Å². The van der Waals surface area contributed by atoms with E-state index in [1.165, 1.54) is 31.4 Å². The Labute approximate surface area is 194 Å². The number of fused-ring (bicyclic) bond motifs is 1. The summed E-state index contributed by atoms with van der Waals surface area (Å²) in [5, 5.41) is 13.6. The third kappa shape index (κ3) is 4.58. The highest BCUT2D eigenvalue weighted by Crippen LogP contribution is 2.33. The number of nitro benzene ring substituents is 1. The predicted octanol–water partition coefficient (Wildman–Crippen LogP) is 2.71. The molecular formula is C23H23N3O8. The van der Waals surface area contributed by atoms with Gasteiger partial charge in [-0.15, -0.1) is 0 Å². The van der Waals surface area contributed by atoms with Crippen molar-refractivity contribution < 1.29 is 33.6 Å². The molecule has 0 spiro atoms. The fourth-order valence-electron chi connectivity index (χ4n) is 3.66. The highest BCUT2D eigenvalue weighted by molar-refractivity contribution is 6.22. The molecule has 0 saturated carbocycles. The van der Waals surface area contributed by atoms with E-state index in [9.17, 15) is 29.3 Å². The van der Waals surface area contributed by atoms with E-state index in [0.717, 1.165) is 4.90 Å². The zero-order valence-electron chi connectivity index (χ0n) is 19.0. The minimum Gasteiger partial charge on any atom is -0.490 e. The Balaban J connectivity index is 1.71.